The molecular weight excluding hydrogens is 220 g/mol. The SMILES string of the molecule is CC(C)C(C)NC(=O)CN1CCOCC1CO. The highest BCUT2D eigenvalue weighted by Gasteiger charge is 2.24. The molecule has 0 radical (unpaired) electrons. The highest BCUT2D eigenvalue weighted by molar-refractivity contribution is 5.78. The van der Waals surface area contributed by atoms with Gasteiger partial charge >= 0.3 is 0 Å². The Morgan fingerprint density at radius 1 is 1.53 bits per heavy atom. The molecule has 5 nitrogen and oxygen atoms in total. The first-order valence-corrected chi connectivity index (χ1v) is 6.26. The van der Waals surface area contributed by atoms with E-state index in [1.807, 2.05) is 11.8 Å². The van der Waals surface area contributed by atoms with E-state index >= 15 is 0 Å². The lowest BCUT2D eigenvalue weighted by Crippen LogP contribution is -2.52. The number of morpholine rings is 1. The highest BCUT2D eigenvalue weighted by atomic mass is 16.5. The van der Waals surface area contributed by atoms with Crippen molar-refractivity contribution in [2.24, 2.45) is 5.92 Å². The molecule has 5 heteroatoms. The zero-order valence-electron chi connectivity index (χ0n) is 11.0. The van der Waals surface area contributed by atoms with Crippen molar-refractivity contribution in [3.8, 4) is 0 Å². The van der Waals surface area contributed by atoms with E-state index in [2.05, 4.69) is 19.2 Å². The zero-order chi connectivity index (χ0) is 12.8. The lowest BCUT2D eigenvalue weighted by atomic mass is 10.1. The van der Waals surface area contributed by atoms with Gasteiger partial charge in [0.15, 0.2) is 0 Å². The van der Waals surface area contributed by atoms with Gasteiger partial charge in [-0.2, -0.15) is 0 Å². The van der Waals surface area contributed by atoms with Crippen LogP contribution in [0, 0.1) is 5.92 Å². The van der Waals surface area contributed by atoms with Crippen LogP contribution < -0.4 is 5.32 Å². The minimum Gasteiger partial charge on any atom is -0.395 e. The smallest absolute Gasteiger partial charge is 0.234 e. The quantitative estimate of drug-likeness (QED) is 0.705. The Kier molecular flexibility index (Phi) is 5.88. The van der Waals surface area contributed by atoms with E-state index in [9.17, 15) is 9.90 Å². The van der Waals surface area contributed by atoms with Crippen LogP contribution in [0.25, 0.3) is 0 Å². The summed E-state index contributed by atoms with van der Waals surface area (Å²) < 4.78 is 5.27. The normalized spacial score (nSPS) is 23.7. The number of amides is 1. The van der Waals surface area contributed by atoms with Crippen LogP contribution in [0.1, 0.15) is 20.8 Å². The molecule has 0 aromatic rings. The van der Waals surface area contributed by atoms with Crippen molar-refractivity contribution in [1.82, 2.24) is 10.2 Å². The van der Waals surface area contributed by atoms with Gasteiger partial charge in [0.1, 0.15) is 0 Å². The number of aliphatic hydroxyl groups excluding tert-OH is 1. The van der Waals surface area contributed by atoms with Crippen molar-refractivity contribution in [3.05, 3.63) is 0 Å². The fourth-order valence-corrected chi connectivity index (χ4v) is 1.72. The maximum atomic E-state index is 11.8. The third-order valence-corrected chi connectivity index (χ3v) is 3.30. The molecular formula is C12H24N2O3. The lowest BCUT2D eigenvalue weighted by Gasteiger charge is -2.34. The Morgan fingerprint density at radius 3 is 2.82 bits per heavy atom. The monoisotopic (exact) mass is 244 g/mol. The Hall–Kier alpha value is -0.650. The van der Waals surface area contributed by atoms with E-state index in [0.717, 1.165) is 0 Å². The van der Waals surface area contributed by atoms with Gasteiger partial charge in [0, 0.05) is 12.6 Å². The van der Waals surface area contributed by atoms with Crippen LogP contribution in [0.5, 0.6) is 0 Å². The molecule has 0 aromatic heterocycles. The molecule has 1 fully saturated rings. The summed E-state index contributed by atoms with van der Waals surface area (Å²) in [6, 6.07) is 0.125. The minimum absolute atomic E-state index is 0.0200. The summed E-state index contributed by atoms with van der Waals surface area (Å²) in [7, 11) is 0. The first kappa shape index (κ1) is 14.4. The molecule has 2 atom stereocenters. The van der Waals surface area contributed by atoms with Gasteiger partial charge < -0.3 is 15.2 Å². The summed E-state index contributed by atoms with van der Waals surface area (Å²) in [6.45, 7) is 8.37. The Morgan fingerprint density at radius 2 is 2.24 bits per heavy atom. The number of nitrogens with one attached hydrogen (secondary N) is 1. The Balaban J connectivity index is 2.38. The molecule has 2 unspecified atom stereocenters. The van der Waals surface area contributed by atoms with Crippen molar-refractivity contribution >= 4 is 5.91 Å². The van der Waals surface area contributed by atoms with Gasteiger partial charge in [-0.3, -0.25) is 9.69 Å². The molecule has 17 heavy (non-hydrogen) atoms. The highest BCUT2D eigenvalue weighted by Crippen LogP contribution is 2.06. The number of rotatable bonds is 5. The van der Waals surface area contributed by atoms with E-state index in [1.54, 1.807) is 0 Å². The van der Waals surface area contributed by atoms with Gasteiger partial charge in [-0.1, -0.05) is 13.8 Å². The molecule has 1 rings (SSSR count). The molecule has 1 amide bonds. The topological polar surface area (TPSA) is 61.8 Å². The molecule has 100 valence electrons. The van der Waals surface area contributed by atoms with Crippen molar-refractivity contribution in [2.75, 3.05) is 32.9 Å². The van der Waals surface area contributed by atoms with Gasteiger partial charge in [-0.05, 0) is 12.8 Å². The van der Waals surface area contributed by atoms with Crippen LogP contribution >= 0.6 is 0 Å². The fraction of sp³-hybridized carbons (Fsp3) is 0.917. The van der Waals surface area contributed by atoms with E-state index in [4.69, 9.17) is 4.74 Å². The average Bonchev–Trinajstić information content (AvgIpc) is 2.29. The van der Waals surface area contributed by atoms with Gasteiger partial charge in [0.05, 0.1) is 32.4 Å². The van der Waals surface area contributed by atoms with E-state index in [0.29, 0.717) is 32.2 Å². The third-order valence-electron chi connectivity index (χ3n) is 3.30. The van der Waals surface area contributed by atoms with Crippen LogP contribution in [0.15, 0.2) is 0 Å². The standard InChI is InChI=1S/C12H24N2O3/c1-9(2)10(3)13-12(16)6-14-4-5-17-8-11(14)7-15/h9-11,15H,4-8H2,1-3H3,(H,13,16). The molecule has 1 aliphatic rings. The maximum Gasteiger partial charge on any atom is 0.234 e. The van der Waals surface area contributed by atoms with Crippen molar-refractivity contribution in [2.45, 2.75) is 32.9 Å². The second-order valence-corrected chi connectivity index (χ2v) is 4.98. The van der Waals surface area contributed by atoms with E-state index < -0.39 is 0 Å². The number of hydrogen-bond donors (Lipinski definition) is 2. The van der Waals surface area contributed by atoms with Crippen LogP contribution in [0.4, 0.5) is 0 Å². The van der Waals surface area contributed by atoms with Crippen molar-refractivity contribution in [3.63, 3.8) is 0 Å². The number of carbonyl (C=O) groups excluding carboxylic acids is 1. The number of ether oxygens (including phenoxy) is 1. The largest absolute Gasteiger partial charge is 0.395 e. The summed E-state index contributed by atoms with van der Waals surface area (Å²) in [5, 5.41) is 12.2. The first-order chi connectivity index (χ1) is 8.04. The fourth-order valence-electron chi connectivity index (χ4n) is 1.72. The molecule has 1 heterocycles. The van der Waals surface area contributed by atoms with Gasteiger partial charge in [-0.15, -0.1) is 0 Å². The summed E-state index contributed by atoms with van der Waals surface area (Å²) in [5.74, 6) is 0.448. The van der Waals surface area contributed by atoms with Crippen LogP contribution in [0.3, 0.4) is 0 Å². The summed E-state index contributed by atoms with van der Waals surface area (Å²) in [5.41, 5.74) is 0. The molecule has 0 aromatic carbocycles. The molecule has 0 spiro atoms. The number of nitrogens with zero attached hydrogens (tertiary/aromatic N) is 1. The summed E-state index contributed by atoms with van der Waals surface area (Å²) >= 11 is 0. The summed E-state index contributed by atoms with van der Waals surface area (Å²) in [6.07, 6.45) is 0. The molecule has 0 saturated carbocycles. The van der Waals surface area contributed by atoms with Crippen LogP contribution in [0.2, 0.25) is 0 Å². The van der Waals surface area contributed by atoms with E-state index in [-0.39, 0.29) is 24.6 Å². The number of aliphatic hydroxyl groups is 1. The Labute approximate surface area is 103 Å². The van der Waals surface area contributed by atoms with Crippen molar-refractivity contribution in [1.29, 1.82) is 0 Å². The zero-order valence-corrected chi connectivity index (χ0v) is 11.0. The second kappa shape index (κ2) is 6.93. The van der Waals surface area contributed by atoms with Crippen molar-refractivity contribution < 1.29 is 14.6 Å². The number of carbonyl (C=O) groups is 1. The van der Waals surface area contributed by atoms with E-state index in [1.165, 1.54) is 0 Å². The second-order valence-electron chi connectivity index (χ2n) is 4.98. The number of hydrogen-bond acceptors (Lipinski definition) is 4. The minimum atomic E-state index is -0.0520. The third kappa shape index (κ3) is 4.61. The Bertz CT molecular complexity index is 246. The molecule has 1 aliphatic heterocycles. The maximum absolute atomic E-state index is 11.8. The molecule has 2 N–H and O–H groups in total. The first-order valence-electron chi connectivity index (χ1n) is 6.26. The summed E-state index contributed by atoms with van der Waals surface area (Å²) in [4.78, 5) is 13.8. The molecule has 0 aliphatic carbocycles. The molecule has 1 saturated heterocycles. The van der Waals surface area contributed by atoms with Gasteiger partial charge in [0.2, 0.25) is 5.91 Å². The van der Waals surface area contributed by atoms with Crippen LogP contribution in [-0.4, -0.2) is 60.9 Å². The predicted molar refractivity (Wildman–Crippen MR) is 65.7 cm³/mol. The predicted octanol–water partition coefficient (Wildman–Crippen LogP) is -0.160. The van der Waals surface area contributed by atoms with Gasteiger partial charge in [0.25, 0.3) is 0 Å². The van der Waals surface area contributed by atoms with Crippen LogP contribution in [-0.2, 0) is 9.53 Å². The lowest BCUT2D eigenvalue weighted by molar-refractivity contribution is -0.126. The average molecular weight is 244 g/mol. The van der Waals surface area contributed by atoms with Gasteiger partial charge in [-0.25, -0.2) is 0 Å². The molecule has 0 bridgehead atoms.